The Balaban J connectivity index is 1.51. The van der Waals surface area contributed by atoms with Crippen molar-refractivity contribution in [2.45, 2.75) is 102 Å². The van der Waals surface area contributed by atoms with Crippen molar-refractivity contribution in [3.05, 3.63) is 68.7 Å². The van der Waals surface area contributed by atoms with E-state index < -0.39 is 49.5 Å². The maximum Gasteiger partial charge on any atom is 0.332 e. The number of aromatic nitrogens is 3. The van der Waals surface area contributed by atoms with Crippen LogP contribution in [0.3, 0.4) is 0 Å². The predicted molar refractivity (Wildman–Crippen MR) is 182 cm³/mol. The van der Waals surface area contributed by atoms with E-state index in [1.807, 2.05) is 24.3 Å². The molecular formula is C34H41N3O9S2. The number of hydrogen-bond donors (Lipinski definition) is 0. The molecule has 14 heteroatoms. The Morgan fingerprint density at radius 1 is 1.15 bits per heavy atom. The van der Waals surface area contributed by atoms with Gasteiger partial charge in [0.1, 0.15) is 28.7 Å². The molecule has 2 aliphatic rings. The second-order valence-electron chi connectivity index (χ2n) is 13.6. The Bertz CT molecular complexity index is 2040. The van der Waals surface area contributed by atoms with Crippen LogP contribution in [0.4, 0.5) is 0 Å². The average Bonchev–Trinajstić information content (AvgIpc) is 3.77. The van der Waals surface area contributed by atoms with Gasteiger partial charge in [-0.25, -0.2) is 22.8 Å². The molecule has 1 aromatic carbocycles. The normalized spacial score (nSPS) is 21.0. The highest BCUT2D eigenvalue weighted by molar-refractivity contribution is 7.93. The van der Waals surface area contributed by atoms with Crippen molar-refractivity contribution >= 4 is 37.2 Å². The number of ketones is 1. The number of thiophene rings is 1. The number of ether oxygens (including phenoxy) is 3. The van der Waals surface area contributed by atoms with Crippen LogP contribution in [0.1, 0.15) is 76.7 Å². The lowest BCUT2D eigenvalue weighted by molar-refractivity contribution is -0.119. The van der Waals surface area contributed by atoms with E-state index in [9.17, 15) is 22.8 Å². The van der Waals surface area contributed by atoms with Crippen LogP contribution in [0.2, 0.25) is 0 Å². The third-order valence-electron chi connectivity index (χ3n) is 9.43. The fraction of sp³-hybridized carbons (Fsp3) is 0.529. The van der Waals surface area contributed by atoms with Gasteiger partial charge in [0.05, 0.1) is 59.2 Å². The van der Waals surface area contributed by atoms with E-state index in [-0.39, 0.29) is 36.1 Å². The molecule has 5 heterocycles. The smallest absolute Gasteiger partial charge is 0.332 e. The standard InChI is InChI=1S/C34H41N3O9S2/c1-19-28-31(39)37(20(2)25(38)18-48(41,42)34(3,4)5)33(40)36(32(28)47-29(19)30-35-13-14-44-30)17-27(24-9-7-8-10-26(24)43-6)46-23-15-21-11-12-22(16-23)45-21/h7-10,13-14,20-23,27H,11-12,15-18H2,1-6H3/t20-,21-,22+,23?,27-/m0/s1. The molecular weight excluding hydrogens is 659 g/mol. The van der Waals surface area contributed by atoms with Crippen molar-refractivity contribution in [3.8, 4) is 16.5 Å². The molecule has 1 unspecified atom stereocenters. The molecule has 5 atom stereocenters. The van der Waals surface area contributed by atoms with E-state index in [4.69, 9.17) is 18.6 Å². The van der Waals surface area contributed by atoms with E-state index in [1.54, 1.807) is 14.0 Å². The summed E-state index contributed by atoms with van der Waals surface area (Å²) in [6.07, 6.45) is 5.70. The summed E-state index contributed by atoms with van der Waals surface area (Å²) in [5, 5.41) is 0.217. The van der Waals surface area contributed by atoms with Crippen molar-refractivity contribution in [1.82, 2.24) is 14.1 Å². The highest BCUT2D eigenvalue weighted by Gasteiger charge is 2.38. The fourth-order valence-electron chi connectivity index (χ4n) is 6.54. The minimum Gasteiger partial charge on any atom is -0.496 e. The third-order valence-corrected chi connectivity index (χ3v) is 13.3. The summed E-state index contributed by atoms with van der Waals surface area (Å²) in [6.45, 7) is 7.63. The van der Waals surface area contributed by atoms with Gasteiger partial charge in [-0.05, 0) is 71.9 Å². The molecule has 0 radical (unpaired) electrons. The number of hydrogen-bond acceptors (Lipinski definition) is 11. The summed E-state index contributed by atoms with van der Waals surface area (Å²) >= 11 is 1.19. The lowest BCUT2D eigenvalue weighted by atomic mass is 10.0. The van der Waals surface area contributed by atoms with Gasteiger partial charge in [0, 0.05) is 5.56 Å². The van der Waals surface area contributed by atoms with Gasteiger partial charge in [0.2, 0.25) is 5.89 Å². The van der Waals surface area contributed by atoms with E-state index in [0.717, 1.165) is 23.0 Å². The molecule has 2 saturated heterocycles. The van der Waals surface area contributed by atoms with Crippen molar-refractivity contribution in [2.75, 3.05) is 12.9 Å². The molecule has 0 spiro atoms. The van der Waals surface area contributed by atoms with Gasteiger partial charge in [-0.3, -0.25) is 14.2 Å². The number of benzene rings is 1. The molecule has 0 amide bonds. The Morgan fingerprint density at radius 3 is 2.46 bits per heavy atom. The van der Waals surface area contributed by atoms with Crippen LogP contribution in [0, 0.1) is 6.92 Å². The quantitative estimate of drug-likeness (QED) is 0.209. The molecule has 12 nitrogen and oxygen atoms in total. The Hall–Kier alpha value is -3.59. The monoisotopic (exact) mass is 699 g/mol. The van der Waals surface area contributed by atoms with Crippen LogP contribution in [-0.2, 0) is 30.7 Å². The molecule has 6 rings (SSSR count). The predicted octanol–water partition coefficient (Wildman–Crippen LogP) is 5.01. The first-order valence-corrected chi connectivity index (χ1v) is 18.5. The second-order valence-corrected chi connectivity index (χ2v) is 17.3. The first kappa shape index (κ1) is 34.3. The number of rotatable bonds is 11. The highest BCUT2D eigenvalue weighted by Crippen LogP contribution is 2.40. The zero-order chi connectivity index (χ0) is 34.5. The number of para-hydroxylation sites is 1. The van der Waals surface area contributed by atoms with E-state index in [1.165, 1.54) is 56.1 Å². The summed E-state index contributed by atoms with van der Waals surface area (Å²) < 4.78 is 51.3. The summed E-state index contributed by atoms with van der Waals surface area (Å²) in [5.41, 5.74) is -0.194. The van der Waals surface area contributed by atoms with E-state index >= 15 is 0 Å². The second kappa shape index (κ2) is 13.0. The van der Waals surface area contributed by atoms with Crippen molar-refractivity contribution in [3.63, 3.8) is 0 Å². The topological polar surface area (TPSA) is 149 Å². The largest absolute Gasteiger partial charge is 0.496 e. The van der Waals surface area contributed by atoms with Crippen LogP contribution in [0.25, 0.3) is 21.0 Å². The summed E-state index contributed by atoms with van der Waals surface area (Å²) in [5.74, 6) is -0.709. The van der Waals surface area contributed by atoms with Crippen LogP contribution in [-0.4, -0.2) is 64.2 Å². The first-order chi connectivity index (χ1) is 22.7. The Labute approximate surface area is 282 Å². The third kappa shape index (κ3) is 6.30. The van der Waals surface area contributed by atoms with Crippen molar-refractivity contribution in [2.24, 2.45) is 0 Å². The number of fused-ring (bicyclic) bond motifs is 3. The molecule has 2 aliphatic heterocycles. The number of methoxy groups -OCH3 is 1. The molecule has 0 N–H and O–H groups in total. The lowest BCUT2D eigenvalue weighted by Crippen LogP contribution is -2.46. The molecule has 0 saturated carbocycles. The summed E-state index contributed by atoms with van der Waals surface area (Å²) in [7, 11) is -2.31. The number of carbonyl (C=O) groups excluding carboxylic acids is 1. The number of oxazole rings is 1. The maximum atomic E-state index is 14.5. The van der Waals surface area contributed by atoms with E-state index in [2.05, 4.69) is 4.98 Å². The van der Waals surface area contributed by atoms with Crippen LogP contribution in [0.15, 0.2) is 50.7 Å². The Kier molecular flexibility index (Phi) is 9.31. The van der Waals surface area contributed by atoms with Gasteiger partial charge in [-0.1, -0.05) is 18.2 Å². The SMILES string of the molecule is COc1ccccc1[C@H](Cn1c(=O)n([C@@H](C)C(=O)CS(=O)(=O)C(C)(C)C)c(=O)c2c(C)c(-c3ncco3)sc21)OC1C[C@H]2CC[C@@H](C1)O2. The summed E-state index contributed by atoms with van der Waals surface area (Å²) in [4.78, 5) is 47.5. The van der Waals surface area contributed by atoms with Crippen molar-refractivity contribution in [1.29, 1.82) is 0 Å². The Morgan fingerprint density at radius 2 is 1.83 bits per heavy atom. The van der Waals surface area contributed by atoms with Gasteiger partial charge in [-0.15, -0.1) is 11.3 Å². The van der Waals surface area contributed by atoms with Crippen molar-refractivity contribution < 1.29 is 31.8 Å². The number of carbonyl (C=O) groups is 1. The van der Waals surface area contributed by atoms with Crippen LogP contribution >= 0.6 is 11.3 Å². The molecule has 4 aromatic rings. The molecule has 3 aromatic heterocycles. The minimum atomic E-state index is -3.88. The average molecular weight is 700 g/mol. The maximum absolute atomic E-state index is 14.5. The van der Waals surface area contributed by atoms with Gasteiger partial charge in [0.15, 0.2) is 15.6 Å². The number of sulfone groups is 1. The molecule has 0 aliphatic carbocycles. The summed E-state index contributed by atoms with van der Waals surface area (Å²) in [6, 6.07) is 6.07. The number of nitrogens with zero attached hydrogens (tertiary/aromatic N) is 3. The van der Waals surface area contributed by atoms with E-state index in [0.29, 0.717) is 33.9 Å². The first-order valence-electron chi connectivity index (χ1n) is 16.1. The zero-order valence-electron chi connectivity index (χ0n) is 27.9. The fourth-order valence-corrected chi connectivity index (χ4v) is 8.83. The lowest BCUT2D eigenvalue weighted by Gasteiger charge is -2.32. The molecule has 258 valence electrons. The van der Waals surface area contributed by atoms with Gasteiger partial charge in [0.25, 0.3) is 5.56 Å². The number of aryl methyl sites for hydroxylation is 1. The van der Waals surface area contributed by atoms with Gasteiger partial charge >= 0.3 is 5.69 Å². The van der Waals surface area contributed by atoms with Crippen LogP contribution < -0.4 is 16.0 Å². The molecule has 2 bridgehead atoms. The molecule has 2 fully saturated rings. The van der Waals surface area contributed by atoms with Gasteiger partial charge < -0.3 is 18.6 Å². The zero-order valence-corrected chi connectivity index (χ0v) is 29.6. The van der Waals surface area contributed by atoms with Gasteiger partial charge in [-0.2, -0.15) is 0 Å². The minimum absolute atomic E-state index is 0.0190. The number of Topliss-reactive ketones (excluding diaryl/α,β-unsaturated/α-hetero) is 1. The molecule has 48 heavy (non-hydrogen) atoms. The van der Waals surface area contributed by atoms with Crippen LogP contribution in [0.5, 0.6) is 5.75 Å². The highest BCUT2D eigenvalue weighted by atomic mass is 32.2.